The fourth-order valence-corrected chi connectivity index (χ4v) is 12.4. The number of hydrogen-bond acceptors (Lipinski definition) is 27. The van der Waals surface area contributed by atoms with Crippen molar-refractivity contribution >= 4 is 17.9 Å². The topological polar surface area (TPSA) is 394 Å². The van der Waals surface area contributed by atoms with Crippen LogP contribution in [-0.2, 0) is 76.0 Å². The first-order valence-corrected chi connectivity index (χ1v) is 33.5. The fraction of sp³-hybridized carbons (Fsp3) is 0.952. The molecule has 28 atom stereocenters. The van der Waals surface area contributed by atoms with Gasteiger partial charge >= 0.3 is 17.9 Å². The Bertz CT molecular complexity index is 2060. The van der Waals surface area contributed by atoms with Crippen molar-refractivity contribution in [1.82, 2.24) is 0 Å². The van der Waals surface area contributed by atoms with Crippen LogP contribution in [0.2, 0.25) is 0 Å². The number of rotatable bonds is 26. The molecule has 6 saturated heterocycles. The second kappa shape index (κ2) is 38.3. The van der Waals surface area contributed by atoms with Gasteiger partial charge in [0.25, 0.3) is 0 Å². The fourth-order valence-electron chi connectivity index (χ4n) is 12.4. The van der Waals surface area contributed by atoms with Gasteiger partial charge < -0.3 is 118 Å². The van der Waals surface area contributed by atoms with Gasteiger partial charge in [-0.15, -0.1) is 0 Å². The quantitative estimate of drug-likeness (QED) is 0.0336. The molecular formula is C63H110O27. The molecule has 524 valence electrons. The minimum absolute atomic E-state index is 0.0525. The molecule has 0 bridgehead atoms. The van der Waals surface area contributed by atoms with Crippen LogP contribution >= 0.6 is 0 Å². The number of esters is 3. The molecule has 0 aromatic carbocycles. The van der Waals surface area contributed by atoms with Crippen LogP contribution in [0, 0.1) is 5.92 Å². The normalized spacial score (nSPS) is 41.0. The molecule has 6 aliphatic heterocycles. The standard InChI is InChI=1S/C63H110O27/c1-8-10-12-13-14-15-18-21-25-29-41(67)84-55-50(76)52(88-63-57(90-59-48(74)46(72)44(70)39(31-64)82-59)53(43(69)35(5)78-63)86-58(77)33(3)34(4)66)37(7)79-60(55)87-51-36(6)80-61-56(49(51)75)85-42(68)30-26-22-19-16-17-20-24-28-38(27-23-11-9-2)81-62-54(89-61)47(73)45(71)40(32-65)83-62/h33-40,43-57,59-66,69-76H,8-32H2,1-7H3/t33?,34-,35-,36-,37-,38?,39+,40+,43-,44+,45+,46-,47-,48+,49+,50+,51-,52-,53+,54+,55+,56+,57+,59-,60-,61+,62+,63-/m0/s1. The molecule has 0 amide bonds. The predicted octanol–water partition coefficient (Wildman–Crippen LogP) is 2.25. The van der Waals surface area contributed by atoms with Gasteiger partial charge in [0.05, 0.1) is 49.7 Å². The van der Waals surface area contributed by atoms with E-state index in [0.717, 1.165) is 103 Å². The number of aliphatic hydroxyl groups excluding tert-OH is 11. The third-order valence-electron chi connectivity index (χ3n) is 18.3. The first kappa shape index (κ1) is 76.6. The van der Waals surface area contributed by atoms with E-state index in [1.54, 1.807) is 0 Å². The van der Waals surface area contributed by atoms with Gasteiger partial charge in [0, 0.05) is 12.8 Å². The number of carbonyl (C=O) groups is 3. The molecule has 11 N–H and O–H groups in total. The van der Waals surface area contributed by atoms with Gasteiger partial charge in [0.1, 0.15) is 79.4 Å². The van der Waals surface area contributed by atoms with E-state index in [0.29, 0.717) is 32.1 Å². The lowest BCUT2D eigenvalue weighted by atomic mass is 9.95. The number of ether oxygens (including phenoxy) is 13. The average Bonchev–Trinajstić information content (AvgIpc) is 1.04. The molecule has 6 fully saturated rings. The Hall–Kier alpha value is -2.43. The lowest BCUT2D eigenvalue weighted by Gasteiger charge is -2.50. The number of fused-ring (bicyclic) bond motifs is 2. The van der Waals surface area contributed by atoms with Gasteiger partial charge in [-0.05, 0) is 60.3 Å². The number of hydrogen-bond donors (Lipinski definition) is 11. The van der Waals surface area contributed by atoms with Gasteiger partial charge in [0.15, 0.2) is 55.9 Å². The zero-order valence-corrected chi connectivity index (χ0v) is 53.8. The summed E-state index contributed by atoms with van der Waals surface area (Å²) in [7, 11) is 0. The van der Waals surface area contributed by atoms with E-state index in [9.17, 15) is 70.6 Å². The van der Waals surface area contributed by atoms with E-state index >= 15 is 0 Å². The average molecular weight is 1300 g/mol. The van der Waals surface area contributed by atoms with E-state index in [-0.39, 0.29) is 18.9 Å². The predicted molar refractivity (Wildman–Crippen MR) is 315 cm³/mol. The van der Waals surface area contributed by atoms with Crippen LogP contribution in [0.4, 0.5) is 0 Å². The molecule has 27 nitrogen and oxygen atoms in total. The van der Waals surface area contributed by atoms with E-state index in [4.69, 9.17) is 61.6 Å². The lowest BCUT2D eigenvalue weighted by Crippen LogP contribution is -2.68. The van der Waals surface area contributed by atoms with Crippen LogP contribution in [0.1, 0.15) is 196 Å². The highest BCUT2D eigenvalue weighted by Crippen LogP contribution is 2.39. The summed E-state index contributed by atoms with van der Waals surface area (Å²) in [6.45, 7) is 9.79. The Morgan fingerprint density at radius 2 is 1.02 bits per heavy atom. The molecule has 6 aliphatic rings. The van der Waals surface area contributed by atoms with Crippen molar-refractivity contribution in [1.29, 1.82) is 0 Å². The minimum atomic E-state index is -2.02. The summed E-state index contributed by atoms with van der Waals surface area (Å²) < 4.78 is 80.9. The highest BCUT2D eigenvalue weighted by atomic mass is 16.8. The van der Waals surface area contributed by atoms with E-state index in [1.807, 2.05) is 0 Å². The van der Waals surface area contributed by atoms with Crippen molar-refractivity contribution in [3.63, 3.8) is 0 Å². The van der Waals surface area contributed by atoms with Crippen molar-refractivity contribution in [2.24, 2.45) is 5.92 Å². The monoisotopic (exact) mass is 1300 g/mol. The van der Waals surface area contributed by atoms with Crippen molar-refractivity contribution < 1.29 is 132 Å². The third-order valence-corrected chi connectivity index (χ3v) is 18.3. The summed E-state index contributed by atoms with van der Waals surface area (Å²) in [4.78, 5) is 41.4. The molecule has 0 saturated carbocycles. The Kier molecular flexibility index (Phi) is 32.6. The molecule has 0 aromatic rings. The largest absolute Gasteiger partial charge is 0.456 e. The Labute approximate surface area is 529 Å². The van der Waals surface area contributed by atoms with Crippen molar-refractivity contribution in [2.75, 3.05) is 13.2 Å². The number of unbranched alkanes of at least 4 members (excludes halogenated alkanes) is 10. The molecule has 90 heavy (non-hydrogen) atoms. The summed E-state index contributed by atoms with van der Waals surface area (Å²) in [5.41, 5.74) is 0. The van der Waals surface area contributed by atoms with E-state index in [2.05, 4.69) is 13.8 Å². The summed E-state index contributed by atoms with van der Waals surface area (Å²) in [6.07, 6.45) is -24.9. The smallest absolute Gasteiger partial charge is 0.311 e. The van der Waals surface area contributed by atoms with Gasteiger partial charge in [-0.3, -0.25) is 14.4 Å². The van der Waals surface area contributed by atoms with E-state index in [1.165, 1.54) is 34.6 Å². The zero-order valence-electron chi connectivity index (χ0n) is 53.8. The number of carbonyl (C=O) groups excluding carboxylic acids is 3. The molecule has 0 aromatic heterocycles. The molecule has 6 heterocycles. The van der Waals surface area contributed by atoms with E-state index < -0.39 is 197 Å². The summed E-state index contributed by atoms with van der Waals surface area (Å²) in [6, 6.07) is 0. The second-order valence-electron chi connectivity index (χ2n) is 25.6. The van der Waals surface area contributed by atoms with Crippen molar-refractivity contribution in [2.45, 2.75) is 362 Å². The SMILES string of the molecule is CCCCCCCCCCCC(=O)O[C@H]1[C@H](O[C@@H]2[C@@H](O)[C@H]3OC(=O)CCCCCCCCCC(CCCCC)O[C@@H]4O[C@H](CO)[C@@H](O)[C@H](O)[C@H]4O[C@H]3O[C@H]2C)O[C@@H](C)[C@H](O[C@@H]2O[C@@H](C)[C@H](O)[C@@H](OC(=O)C(C)[C@H](C)O)[C@H]2O[C@@H]2O[C@H](CO)[C@@H](O)[C@H](O)[C@H]2O)[C@H]1O. The maximum Gasteiger partial charge on any atom is 0.311 e. The van der Waals surface area contributed by atoms with Gasteiger partial charge in [-0.1, -0.05) is 123 Å². The molecule has 27 heteroatoms. The van der Waals surface area contributed by atoms with Crippen LogP contribution in [0.3, 0.4) is 0 Å². The van der Waals surface area contributed by atoms with Crippen LogP contribution in [0.5, 0.6) is 0 Å². The van der Waals surface area contributed by atoms with Gasteiger partial charge in [-0.2, -0.15) is 0 Å². The molecule has 6 rings (SSSR count). The molecule has 0 spiro atoms. The maximum atomic E-state index is 14.0. The summed E-state index contributed by atoms with van der Waals surface area (Å²) in [5, 5.41) is 123. The third kappa shape index (κ3) is 21.3. The molecule has 0 aliphatic carbocycles. The van der Waals surface area contributed by atoms with Gasteiger partial charge in [0.2, 0.25) is 0 Å². The highest BCUT2D eigenvalue weighted by molar-refractivity contribution is 5.73. The first-order chi connectivity index (χ1) is 43.0. The first-order valence-electron chi connectivity index (χ1n) is 33.5. The second-order valence-corrected chi connectivity index (χ2v) is 25.6. The molecular weight excluding hydrogens is 1190 g/mol. The van der Waals surface area contributed by atoms with Crippen LogP contribution < -0.4 is 0 Å². The Morgan fingerprint density at radius 1 is 0.489 bits per heavy atom. The lowest BCUT2D eigenvalue weighted by molar-refractivity contribution is -0.396. The molecule has 0 radical (unpaired) electrons. The highest BCUT2D eigenvalue weighted by Gasteiger charge is 2.58. The van der Waals surface area contributed by atoms with Crippen LogP contribution in [0.15, 0.2) is 0 Å². The number of aliphatic hydroxyl groups is 11. The summed E-state index contributed by atoms with van der Waals surface area (Å²) >= 11 is 0. The molecule has 2 unspecified atom stereocenters. The van der Waals surface area contributed by atoms with Gasteiger partial charge in [-0.25, -0.2) is 0 Å². The van der Waals surface area contributed by atoms with Crippen LogP contribution in [0.25, 0.3) is 0 Å². The minimum Gasteiger partial charge on any atom is -0.456 e. The van der Waals surface area contributed by atoms with Crippen molar-refractivity contribution in [3.05, 3.63) is 0 Å². The zero-order chi connectivity index (χ0) is 65.8. The Morgan fingerprint density at radius 3 is 1.67 bits per heavy atom. The maximum absolute atomic E-state index is 14.0. The summed E-state index contributed by atoms with van der Waals surface area (Å²) in [5.74, 6) is -3.67. The van der Waals surface area contributed by atoms with Crippen LogP contribution in [-0.4, -0.2) is 253 Å². The Balaban J connectivity index is 1.31. The van der Waals surface area contributed by atoms with Crippen molar-refractivity contribution in [3.8, 4) is 0 Å².